The maximum atomic E-state index is 13.4. The summed E-state index contributed by atoms with van der Waals surface area (Å²) in [6.07, 6.45) is -3.12. The van der Waals surface area contributed by atoms with E-state index in [0.717, 1.165) is 10.7 Å². The lowest BCUT2D eigenvalue weighted by molar-refractivity contribution is -0.138. The fourth-order valence-electron chi connectivity index (χ4n) is 4.12. The highest BCUT2D eigenvalue weighted by Gasteiger charge is 2.32. The number of rotatable bonds is 4. The van der Waals surface area contributed by atoms with Crippen molar-refractivity contribution in [3.63, 3.8) is 0 Å². The summed E-state index contributed by atoms with van der Waals surface area (Å²) in [4.78, 5) is 13.1. The molecule has 0 radical (unpaired) electrons. The molecule has 1 amide bonds. The van der Waals surface area contributed by atoms with E-state index in [1.807, 2.05) is 0 Å². The quantitative estimate of drug-likeness (QED) is 0.215. The van der Waals surface area contributed by atoms with Gasteiger partial charge in [-0.3, -0.25) is 0 Å². The lowest BCUT2D eigenvalue weighted by Gasteiger charge is -2.16. The molecule has 3 N–H and O–H groups in total. The van der Waals surface area contributed by atoms with Crippen molar-refractivity contribution in [1.82, 2.24) is 9.78 Å². The molecule has 4 aromatic carbocycles. The summed E-state index contributed by atoms with van der Waals surface area (Å²) < 4.78 is 41.2. The molecule has 0 fully saturated rings. The monoisotopic (exact) mass is 544 g/mol. The zero-order valence-electron chi connectivity index (χ0n) is 18.8. The largest absolute Gasteiger partial charge is 0.505 e. The second-order valence-electron chi connectivity index (χ2n) is 8.16. The first kappa shape index (κ1) is 24.7. The van der Waals surface area contributed by atoms with Crippen molar-refractivity contribution >= 4 is 62.3 Å². The molecule has 0 unspecified atom stereocenters. The van der Waals surface area contributed by atoms with Gasteiger partial charge in [0.15, 0.2) is 5.75 Å². The Kier molecular flexibility index (Phi) is 6.35. The molecule has 5 aromatic rings. The zero-order chi connectivity index (χ0) is 26.3. The minimum atomic E-state index is -4.46. The third-order valence-corrected chi connectivity index (χ3v) is 6.56. The van der Waals surface area contributed by atoms with Gasteiger partial charge in [-0.05, 0) is 29.8 Å². The Morgan fingerprint density at radius 3 is 2.32 bits per heavy atom. The van der Waals surface area contributed by atoms with Crippen LogP contribution in [0.5, 0.6) is 5.75 Å². The summed E-state index contributed by atoms with van der Waals surface area (Å²) in [5.41, 5.74) is 0.780. The normalized spacial score (nSPS) is 11.7. The van der Waals surface area contributed by atoms with Crippen molar-refractivity contribution in [2.75, 3.05) is 10.6 Å². The van der Waals surface area contributed by atoms with Crippen LogP contribution in [0.1, 0.15) is 11.1 Å². The number of aromatic nitrogens is 2. The van der Waals surface area contributed by atoms with Crippen LogP contribution in [0.4, 0.5) is 29.3 Å². The average molecular weight is 545 g/mol. The van der Waals surface area contributed by atoms with E-state index in [1.165, 1.54) is 24.4 Å². The van der Waals surface area contributed by atoms with Gasteiger partial charge in [0.25, 0.3) is 0 Å². The van der Waals surface area contributed by atoms with E-state index in [9.17, 15) is 23.1 Å². The van der Waals surface area contributed by atoms with Crippen LogP contribution in [-0.4, -0.2) is 20.9 Å². The number of carbonyl (C=O) groups excluding carboxylic acids is 1. The average Bonchev–Trinajstić information content (AvgIpc) is 3.30. The van der Waals surface area contributed by atoms with E-state index < -0.39 is 17.8 Å². The number of benzene rings is 4. The van der Waals surface area contributed by atoms with E-state index in [-0.39, 0.29) is 27.9 Å². The molecule has 0 saturated carbocycles. The van der Waals surface area contributed by atoms with Crippen LogP contribution in [0.3, 0.4) is 0 Å². The number of phenols is 1. The molecule has 0 saturated heterocycles. The summed E-state index contributed by atoms with van der Waals surface area (Å²) in [5.74, 6) is -0.303. The zero-order valence-corrected chi connectivity index (χ0v) is 20.3. The molecular weight excluding hydrogens is 528 g/mol. The highest BCUT2D eigenvalue weighted by Crippen LogP contribution is 2.38. The molecule has 188 valence electrons. The molecule has 1 aromatic heterocycles. The van der Waals surface area contributed by atoms with E-state index in [4.69, 9.17) is 23.2 Å². The van der Waals surface area contributed by atoms with Gasteiger partial charge in [0.1, 0.15) is 0 Å². The molecule has 0 atom stereocenters. The van der Waals surface area contributed by atoms with Crippen molar-refractivity contribution in [3.05, 3.63) is 94.1 Å². The lowest BCUT2D eigenvalue weighted by Crippen LogP contribution is -2.20. The number of fused-ring (bicyclic) bond motifs is 2. The molecule has 11 heteroatoms. The van der Waals surface area contributed by atoms with Gasteiger partial charge in [0.05, 0.1) is 33.0 Å². The molecule has 5 rings (SSSR count). The minimum Gasteiger partial charge on any atom is -0.505 e. The van der Waals surface area contributed by atoms with Gasteiger partial charge in [-0.2, -0.15) is 23.0 Å². The van der Waals surface area contributed by atoms with Crippen LogP contribution < -0.4 is 10.6 Å². The number of halogens is 5. The maximum absolute atomic E-state index is 13.4. The van der Waals surface area contributed by atoms with Crippen molar-refractivity contribution in [2.24, 2.45) is 0 Å². The van der Waals surface area contributed by atoms with Crippen LogP contribution >= 0.6 is 23.2 Å². The number of carbonyl (C=O) groups is 1. The lowest BCUT2D eigenvalue weighted by atomic mass is 10.0. The van der Waals surface area contributed by atoms with Crippen LogP contribution in [0.2, 0.25) is 10.0 Å². The van der Waals surface area contributed by atoms with Gasteiger partial charge >= 0.3 is 12.2 Å². The fraction of sp³-hybridized carbons (Fsp3) is 0.0769. The third kappa shape index (κ3) is 4.63. The number of nitrogens with zero attached hydrogens (tertiary/aromatic N) is 2. The Balaban J connectivity index is 1.45. The van der Waals surface area contributed by atoms with Gasteiger partial charge < -0.3 is 15.7 Å². The molecular formula is C26H17Cl2F3N4O2. The maximum Gasteiger partial charge on any atom is 0.416 e. The Morgan fingerprint density at radius 1 is 0.946 bits per heavy atom. The molecule has 37 heavy (non-hydrogen) atoms. The summed E-state index contributed by atoms with van der Waals surface area (Å²) >= 11 is 12.1. The second kappa shape index (κ2) is 9.49. The molecule has 6 nitrogen and oxygen atoms in total. The third-order valence-electron chi connectivity index (χ3n) is 5.89. The minimum absolute atomic E-state index is 0.0190. The topological polar surface area (TPSA) is 79.2 Å². The standard InChI is InChI=1S/C26H17Cl2F3N4O2/c27-19-11-22-17(23(28)24(19)36)13-33-35(22)25(37)34-21-10-9-20(15-6-2-3-7-16(15)21)32-12-14-5-1-4-8-18(14)26(29,30)31/h1-11,13,32,36H,12H2,(H,34,37). The van der Waals surface area contributed by atoms with Crippen LogP contribution in [0.15, 0.2) is 72.9 Å². The summed E-state index contributed by atoms with van der Waals surface area (Å²) in [6, 6.07) is 16.7. The summed E-state index contributed by atoms with van der Waals surface area (Å²) in [5, 5.41) is 21.6. The van der Waals surface area contributed by atoms with Crippen LogP contribution in [-0.2, 0) is 12.7 Å². The van der Waals surface area contributed by atoms with Gasteiger partial charge in [-0.1, -0.05) is 65.7 Å². The highest BCUT2D eigenvalue weighted by molar-refractivity contribution is 6.41. The number of amides is 1. The SMILES string of the molecule is O=C(Nc1ccc(NCc2ccccc2C(F)(F)F)c2ccccc12)n1ncc2c(Cl)c(O)c(Cl)cc21. The number of phenolic OH excluding ortho intramolecular Hbond substituents is 1. The summed E-state index contributed by atoms with van der Waals surface area (Å²) in [7, 11) is 0. The van der Waals surface area contributed by atoms with Crippen LogP contribution in [0.25, 0.3) is 21.7 Å². The van der Waals surface area contributed by atoms with Gasteiger partial charge in [0, 0.05) is 28.4 Å². The smallest absolute Gasteiger partial charge is 0.416 e. The number of alkyl halides is 3. The number of aromatic hydroxyl groups is 1. The molecule has 0 aliphatic rings. The van der Waals surface area contributed by atoms with Crippen molar-refractivity contribution in [2.45, 2.75) is 12.7 Å². The molecule has 0 aliphatic carbocycles. The van der Waals surface area contributed by atoms with E-state index in [2.05, 4.69) is 15.7 Å². The first-order valence-electron chi connectivity index (χ1n) is 10.9. The van der Waals surface area contributed by atoms with Crippen LogP contribution in [0, 0.1) is 0 Å². The molecule has 0 bridgehead atoms. The second-order valence-corrected chi connectivity index (χ2v) is 8.94. The number of hydrogen-bond donors (Lipinski definition) is 3. The molecule has 1 heterocycles. The first-order chi connectivity index (χ1) is 17.6. The predicted octanol–water partition coefficient (Wildman–Crippen LogP) is 7.91. The number of anilines is 2. The summed E-state index contributed by atoms with van der Waals surface area (Å²) in [6.45, 7) is -0.0426. The Labute approximate surface area is 218 Å². The van der Waals surface area contributed by atoms with Crippen molar-refractivity contribution < 1.29 is 23.1 Å². The van der Waals surface area contributed by atoms with E-state index in [0.29, 0.717) is 33.1 Å². The first-order valence-corrected chi connectivity index (χ1v) is 11.7. The molecule has 0 aliphatic heterocycles. The van der Waals surface area contributed by atoms with E-state index >= 15 is 0 Å². The predicted molar refractivity (Wildman–Crippen MR) is 139 cm³/mol. The highest BCUT2D eigenvalue weighted by atomic mass is 35.5. The Morgan fingerprint density at radius 2 is 1.59 bits per heavy atom. The van der Waals surface area contributed by atoms with Crippen molar-refractivity contribution in [3.8, 4) is 5.75 Å². The van der Waals surface area contributed by atoms with Crippen molar-refractivity contribution in [1.29, 1.82) is 0 Å². The van der Waals surface area contributed by atoms with Gasteiger partial charge in [-0.25, -0.2) is 4.79 Å². The Bertz CT molecular complexity index is 1670. The van der Waals surface area contributed by atoms with Gasteiger partial charge in [0.2, 0.25) is 0 Å². The van der Waals surface area contributed by atoms with E-state index in [1.54, 1.807) is 42.5 Å². The van der Waals surface area contributed by atoms with Gasteiger partial charge in [-0.15, -0.1) is 0 Å². The number of hydrogen-bond acceptors (Lipinski definition) is 4. The molecule has 0 spiro atoms. The fourth-order valence-corrected chi connectivity index (χ4v) is 4.61. The number of nitrogens with one attached hydrogen (secondary N) is 2. The Hall–Kier alpha value is -3.95.